The van der Waals surface area contributed by atoms with Gasteiger partial charge in [0.2, 0.25) is 5.90 Å². The van der Waals surface area contributed by atoms with Crippen molar-refractivity contribution in [3.63, 3.8) is 0 Å². The molecular weight excluding hydrogens is 330 g/mol. The molecule has 2 nitrogen and oxygen atoms in total. The zero-order valence-electron chi connectivity index (χ0n) is 16.1. The van der Waals surface area contributed by atoms with Gasteiger partial charge in [0.05, 0.1) is 0 Å². The van der Waals surface area contributed by atoms with E-state index >= 15 is 0 Å². The summed E-state index contributed by atoms with van der Waals surface area (Å²) in [5, 5.41) is 8.23. The molecule has 0 bridgehead atoms. The van der Waals surface area contributed by atoms with Gasteiger partial charge < -0.3 is 4.74 Å². The van der Waals surface area contributed by atoms with E-state index in [4.69, 9.17) is 10.1 Å². The van der Waals surface area contributed by atoms with Crippen molar-refractivity contribution >= 4 is 11.7 Å². The third-order valence-corrected chi connectivity index (χ3v) is 4.55. The third kappa shape index (κ3) is 4.53. The van der Waals surface area contributed by atoms with Gasteiger partial charge in [-0.3, -0.25) is 5.41 Å². The maximum absolute atomic E-state index is 8.23. The second kappa shape index (κ2) is 7.63. The lowest BCUT2D eigenvalue weighted by Crippen LogP contribution is -2.11. The molecule has 0 atom stereocenters. The summed E-state index contributed by atoms with van der Waals surface area (Å²) >= 11 is 0. The highest BCUT2D eigenvalue weighted by atomic mass is 16.5. The van der Waals surface area contributed by atoms with Crippen LogP contribution in [-0.2, 0) is 10.2 Å². The Hall–Kier alpha value is -3.13. The molecule has 1 N–H and O–H groups in total. The highest BCUT2D eigenvalue weighted by molar-refractivity contribution is 5.94. The largest absolute Gasteiger partial charge is 0.439 e. The standard InChI is InChI=1S/C25H25NO/c1-18(19-10-12-21(13-11-19)20-8-6-5-7-9-20)27-24(26)22-14-16-23(17-15-22)25(2,3)4/h5-17,26H,1H2,2-4H3. The van der Waals surface area contributed by atoms with Crippen molar-refractivity contribution in [1.82, 2.24) is 0 Å². The molecule has 0 heterocycles. The molecule has 0 saturated heterocycles. The number of hydrogen-bond acceptors (Lipinski definition) is 2. The Balaban J connectivity index is 1.69. The van der Waals surface area contributed by atoms with Crippen LogP contribution in [0.25, 0.3) is 16.9 Å². The van der Waals surface area contributed by atoms with Crippen LogP contribution in [0.15, 0.2) is 85.4 Å². The minimum Gasteiger partial charge on any atom is -0.439 e. The van der Waals surface area contributed by atoms with Crippen molar-refractivity contribution in [1.29, 1.82) is 5.41 Å². The lowest BCUT2D eigenvalue weighted by atomic mass is 9.87. The summed E-state index contributed by atoms with van der Waals surface area (Å²) in [4.78, 5) is 0. The van der Waals surface area contributed by atoms with E-state index in [1.54, 1.807) is 0 Å². The first-order valence-corrected chi connectivity index (χ1v) is 9.07. The van der Waals surface area contributed by atoms with E-state index in [0.717, 1.165) is 16.7 Å². The monoisotopic (exact) mass is 355 g/mol. The zero-order chi connectivity index (χ0) is 19.4. The number of hydrogen-bond donors (Lipinski definition) is 1. The van der Waals surface area contributed by atoms with Gasteiger partial charge in [0.15, 0.2) is 0 Å². The molecule has 0 saturated carbocycles. The predicted molar refractivity (Wildman–Crippen MR) is 114 cm³/mol. The summed E-state index contributed by atoms with van der Waals surface area (Å²) in [5.41, 5.74) is 5.23. The average molecular weight is 355 g/mol. The summed E-state index contributed by atoms with van der Waals surface area (Å²) in [6, 6.07) is 26.2. The van der Waals surface area contributed by atoms with Gasteiger partial charge in [-0.1, -0.05) is 94.1 Å². The van der Waals surface area contributed by atoms with Crippen LogP contribution in [0.2, 0.25) is 0 Å². The molecule has 0 unspecified atom stereocenters. The van der Waals surface area contributed by atoms with E-state index in [1.807, 2.05) is 66.7 Å². The molecule has 0 spiro atoms. The molecule has 3 rings (SSSR count). The normalized spacial score (nSPS) is 11.1. The van der Waals surface area contributed by atoms with Gasteiger partial charge in [0, 0.05) is 11.1 Å². The first-order chi connectivity index (χ1) is 12.8. The van der Waals surface area contributed by atoms with Gasteiger partial charge >= 0.3 is 0 Å². The first kappa shape index (κ1) is 18.7. The van der Waals surface area contributed by atoms with Crippen molar-refractivity contribution in [2.75, 3.05) is 0 Å². The molecule has 0 amide bonds. The fraction of sp³-hybridized carbons (Fsp3) is 0.160. The predicted octanol–water partition coefficient (Wildman–Crippen LogP) is 6.66. The van der Waals surface area contributed by atoms with Crippen molar-refractivity contribution in [2.24, 2.45) is 0 Å². The maximum Gasteiger partial charge on any atom is 0.219 e. The smallest absolute Gasteiger partial charge is 0.219 e. The Morgan fingerprint density at radius 1 is 0.741 bits per heavy atom. The Labute approximate surface area is 161 Å². The maximum atomic E-state index is 8.23. The summed E-state index contributed by atoms with van der Waals surface area (Å²) in [7, 11) is 0. The lowest BCUT2D eigenvalue weighted by Gasteiger charge is -2.19. The Bertz CT molecular complexity index is 930. The molecule has 2 heteroatoms. The van der Waals surface area contributed by atoms with Crippen LogP contribution in [0, 0.1) is 5.41 Å². The lowest BCUT2D eigenvalue weighted by molar-refractivity contribution is 0.506. The molecule has 0 fully saturated rings. The van der Waals surface area contributed by atoms with Crippen LogP contribution in [0.3, 0.4) is 0 Å². The van der Waals surface area contributed by atoms with E-state index in [1.165, 1.54) is 11.1 Å². The zero-order valence-corrected chi connectivity index (χ0v) is 16.1. The number of benzene rings is 3. The van der Waals surface area contributed by atoms with Crippen LogP contribution >= 0.6 is 0 Å². The molecule has 0 aliphatic carbocycles. The summed E-state index contributed by atoms with van der Waals surface area (Å²) in [6.07, 6.45) is 0. The molecule has 0 radical (unpaired) electrons. The van der Waals surface area contributed by atoms with E-state index in [0.29, 0.717) is 5.76 Å². The molecule has 3 aromatic carbocycles. The van der Waals surface area contributed by atoms with E-state index < -0.39 is 0 Å². The van der Waals surface area contributed by atoms with Crippen molar-refractivity contribution in [3.05, 3.63) is 102 Å². The molecular formula is C25H25NO. The summed E-state index contributed by atoms with van der Waals surface area (Å²) in [5.74, 6) is 0.576. The number of nitrogens with one attached hydrogen (secondary N) is 1. The number of rotatable bonds is 4. The second-order valence-corrected chi connectivity index (χ2v) is 7.63. The Morgan fingerprint density at radius 3 is 1.81 bits per heavy atom. The number of ether oxygens (including phenoxy) is 1. The Kier molecular flexibility index (Phi) is 5.27. The highest BCUT2D eigenvalue weighted by Crippen LogP contribution is 2.24. The fourth-order valence-electron chi connectivity index (χ4n) is 2.84. The highest BCUT2D eigenvalue weighted by Gasteiger charge is 2.14. The Morgan fingerprint density at radius 2 is 1.26 bits per heavy atom. The van der Waals surface area contributed by atoms with Crippen molar-refractivity contribution in [2.45, 2.75) is 26.2 Å². The molecule has 0 aromatic heterocycles. The molecule has 0 aliphatic rings. The topological polar surface area (TPSA) is 33.1 Å². The van der Waals surface area contributed by atoms with Crippen LogP contribution in [0.4, 0.5) is 0 Å². The van der Waals surface area contributed by atoms with Crippen LogP contribution in [0.1, 0.15) is 37.5 Å². The van der Waals surface area contributed by atoms with Crippen LogP contribution in [0.5, 0.6) is 0 Å². The van der Waals surface area contributed by atoms with Gasteiger partial charge in [0.25, 0.3) is 0 Å². The summed E-state index contributed by atoms with van der Waals surface area (Å²) < 4.78 is 5.68. The van der Waals surface area contributed by atoms with Crippen molar-refractivity contribution < 1.29 is 4.74 Å². The minimum atomic E-state index is 0.0890. The summed E-state index contributed by atoms with van der Waals surface area (Å²) in [6.45, 7) is 10.5. The van der Waals surface area contributed by atoms with Gasteiger partial charge in [0.1, 0.15) is 5.76 Å². The van der Waals surface area contributed by atoms with Gasteiger partial charge in [-0.15, -0.1) is 0 Å². The van der Waals surface area contributed by atoms with E-state index in [-0.39, 0.29) is 11.3 Å². The SMILES string of the molecule is C=C(OC(=N)c1ccc(C(C)(C)C)cc1)c1ccc(-c2ccccc2)cc1. The molecule has 0 aliphatic heterocycles. The molecule has 136 valence electrons. The van der Waals surface area contributed by atoms with Gasteiger partial charge in [-0.2, -0.15) is 0 Å². The van der Waals surface area contributed by atoms with Gasteiger partial charge in [-0.05, 0) is 34.2 Å². The van der Waals surface area contributed by atoms with E-state index in [2.05, 4.69) is 39.5 Å². The average Bonchev–Trinajstić information content (AvgIpc) is 2.68. The second-order valence-electron chi connectivity index (χ2n) is 7.63. The van der Waals surface area contributed by atoms with Crippen LogP contribution in [-0.4, -0.2) is 5.90 Å². The minimum absolute atomic E-state index is 0.0890. The quantitative estimate of drug-likeness (QED) is 0.317. The van der Waals surface area contributed by atoms with Crippen LogP contribution < -0.4 is 0 Å². The van der Waals surface area contributed by atoms with Gasteiger partial charge in [-0.25, -0.2) is 0 Å². The third-order valence-electron chi connectivity index (χ3n) is 4.55. The van der Waals surface area contributed by atoms with Crippen molar-refractivity contribution in [3.8, 4) is 11.1 Å². The molecule has 3 aromatic rings. The van der Waals surface area contributed by atoms with E-state index in [9.17, 15) is 0 Å². The molecule has 27 heavy (non-hydrogen) atoms. The first-order valence-electron chi connectivity index (χ1n) is 9.07. The fourth-order valence-corrected chi connectivity index (χ4v) is 2.84.